The molecule has 0 saturated carbocycles. The second-order valence-electron chi connectivity index (χ2n) is 6.82. The monoisotopic (exact) mass is 415 g/mol. The molecule has 7 nitrogen and oxygen atoms in total. The van der Waals surface area contributed by atoms with Crippen LogP contribution in [0.4, 0.5) is 5.69 Å². The van der Waals surface area contributed by atoms with E-state index in [0.29, 0.717) is 23.9 Å². The average molecular weight is 415 g/mol. The Morgan fingerprint density at radius 3 is 2.35 bits per heavy atom. The van der Waals surface area contributed by atoms with Crippen molar-refractivity contribution >= 4 is 11.6 Å². The normalized spacial score (nSPS) is 11.5. The summed E-state index contributed by atoms with van der Waals surface area (Å²) in [6.45, 7) is 2.18. The van der Waals surface area contributed by atoms with E-state index in [-0.39, 0.29) is 5.91 Å². The van der Waals surface area contributed by atoms with Gasteiger partial charge in [0.2, 0.25) is 12.3 Å². The standard InChI is InChI=1S/C24H21N3O4/c1-17(31-22-11-7-19(8-12-22)24-27-25-16-30-24)23(28)26-20-9-13-21(14-10-20)29-15-18-5-3-2-4-6-18/h2-14,16-17H,15H2,1H3,(H,26,28)/t17-/m0/s1. The predicted molar refractivity (Wildman–Crippen MR) is 116 cm³/mol. The first-order valence-corrected chi connectivity index (χ1v) is 9.78. The van der Waals surface area contributed by atoms with Gasteiger partial charge in [-0.15, -0.1) is 10.2 Å². The quantitative estimate of drug-likeness (QED) is 0.448. The van der Waals surface area contributed by atoms with E-state index in [0.717, 1.165) is 16.9 Å². The Balaban J connectivity index is 1.28. The number of nitrogens with one attached hydrogen (secondary N) is 1. The van der Waals surface area contributed by atoms with Gasteiger partial charge in [-0.1, -0.05) is 30.3 Å². The van der Waals surface area contributed by atoms with Gasteiger partial charge in [0.1, 0.15) is 18.1 Å². The van der Waals surface area contributed by atoms with Gasteiger partial charge in [-0.05, 0) is 61.0 Å². The van der Waals surface area contributed by atoms with Crippen molar-refractivity contribution in [2.45, 2.75) is 19.6 Å². The number of nitrogens with zero attached hydrogens (tertiary/aromatic N) is 2. The Bertz CT molecular complexity index is 1100. The van der Waals surface area contributed by atoms with Crippen LogP contribution in [-0.4, -0.2) is 22.2 Å². The zero-order valence-corrected chi connectivity index (χ0v) is 16.9. The first kappa shape index (κ1) is 20.2. The Labute approximate surface area is 179 Å². The van der Waals surface area contributed by atoms with Crippen LogP contribution in [0, 0.1) is 0 Å². The molecule has 1 atom stereocenters. The van der Waals surface area contributed by atoms with Crippen LogP contribution in [-0.2, 0) is 11.4 Å². The molecule has 4 rings (SSSR count). The van der Waals surface area contributed by atoms with E-state index in [1.807, 2.05) is 42.5 Å². The van der Waals surface area contributed by atoms with Gasteiger partial charge in [-0.2, -0.15) is 0 Å². The molecule has 1 N–H and O–H groups in total. The van der Waals surface area contributed by atoms with E-state index in [2.05, 4.69) is 15.5 Å². The van der Waals surface area contributed by atoms with Gasteiger partial charge in [-0.3, -0.25) is 4.79 Å². The van der Waals surface area contributed by atoms with Crippen LogP contribution < -0.4 is 14.8 Å². The Morgan fingerprint density at radius 2 is 1.68 bits per heavy atom. The summed E-state index contributed by atoms with van der Waals surface area (Å²) >= 11 is 0. The fourth-order valence-corrected chi connectivity index (χ4v) is 2.85. The summed E-state index contributed by atoms with van der Waals surface area (Å²) in [6, 6.07) is 24.3. The molecule has 0 unspecified atom stereocenters. The second kappa shape index (κ2) is 9.58. The van der Waals surface area contributed by atoms with Gasteiger partial charge in [0, 0.05) is 11.3 Å². The van der Waals surface area contributed by atoms with E-state index >= 15 is 0 Å². The number of hydrogen-bond donors (Lipinski definition) is 1. The number of benzene rings is 3. The zero-order chi connectivity index (χ0) is 21.5. The molecule has 0 bridgehead atoms. The van der Waals surface area contributed by atoms with E-state index in [9.17, 15) is 4.79 Å². The van der Waals surface area contributed by atoms with Crippen LogP contribution in [0.3, 0.4) is 0 Å². The molecular weight excluding hydrogens is 394 g/mol. The van der Waals surface area contributed by atoms with E-state index < -0.39 is 6.10 Å². The first-order chi connectivity index (χ1) is 15.2. The maximum absolute atomic E-state index is 12.5. The minimum absolute atomic E-state index is 0.251. The van der Waals surface area contributed by atoms with Crippen molar-refractivity contribution in [1.82, 2.24) is 10.2 Å². The number of rotatable bonds is 8. The maximum Gasteiger partial charge on any atom is 0.265 e. The summed E-state index contributed by atoms with van der Waals surface area (Å²) < 4.78 is 16.6. The van der Waals surface area contributed by atoms with Crippen molar-refractivity contribution in [1.29, 1.82) is 0 Å². The van der Waals surface area contributed by atoms with E-state index in [4.69, 9.17) is 13.9 Å². The van der Waals surface area contributed by atoms with Crippen molar-refractivity contribution in [3.8, 4) is 23.0 Å². The number of hydrogen-bond acceptors (Lipinski definition) is 6. The van der Waals surface area contributed by atoms with E-state index in [1.165, 1.54) is 6.39 Å². The molecule has 1 heterocycles. The summed E-state index contributed by atoms with van der Waals surface area (Å²) in [6.07, 6.45) is 0.594. The third-order valence-corrected chi connectivity index (χ3v) is 4.51. The van der Waals surface area contributed by atoms with Gasteiger partial charge in [0.15, 0.2) is 6.10 Å². The highest BCUT2D eigenvalue weighted by atomic mass is 16.5. The van der Waals surface area contributed by atoms with Gasteiger partial charge < -0.3 is 19.2 Å². The number of anilines is 1. The molecule has 4 aromatic rings. The topological polar surface area (TPSA) is 86.5 Å². The maximum atomic E-state index is 12.5. The highest BCUT2D eigenvalue weighted by Crippen LogP contribution is 2.22. The van der Waals surface area contributed by atoms with Crippen molar-refractivity contribution in [3.63, 3.8) is 0 Å². The minimum atomic E-state index is -0.678. The number of aromatic nitrogens is 2. The molecule has 0 fully saturated rings. The highest BCUT2D eigenvalue weighted by Gasteiger charge is 2.15. The fraction of sp³-hybridized carbons (Fsp3) is 0.125. The van der Waals surface area contributed by atoms with Gasteiger partial charge in [-0.25, -0.2) is 0 Å². The Morgan fingerprint density at radius 1 is 0.968 bits per heavy atom. The summed E-state index contributed by atoms with van der Waals surface area (Å²) in [5, 5.41) is 10.4. The van der Waals surface area contributed by atoms with Gasteiger partial charge >= 0.3 is 0 Å². The highest BCUT2D eigenvalue weighted by molar-refractivity contribution is 5.94. The van der Waals surface area contributed by atoms with Crippen LogP contribution in [0.1, 0.15) is 12.5 Å². The molecule has 0 aliphatic heterocycles. The summed E-state index contributed by atoms with van der Waals surface area (Å²) in [5.74, 6) is 1.47. The number of carbonyl (C=O) groups excluding carboxylic acids is 1. The molecule has 1 aromatic heterocycles. The van der Waals surface area contributed by atoms with Crippen LogP contribution in [0.2, 0.25) is 0 Å². The molecule has 7 heteroatoms. The summed E-state index contributed by atoms with van der Waals surface area (Å²) in [7, 11) is 0. The molecule has 156 valence electrons. The summed E-state index contributed by atoms with van der Waals surface area (Å²) in [5.41, 5.74) is 2.53. The molecule has 0 aliphatic carbocycles. The third kappa shape index (κ3) is 5.48. The van der Waals surface area contributed by atoms with Crippen LogP contribution >= 0.6 is 0 Å². The van der Waals surface area contributed by atoms with Crippen molar-refractivity contribution < 1.29 is 18.7 Å². The number of ether oxygens (including phenoxy) is 2. The number of amides is 1. The van der Waals surface area contributed by atoms with Crippen molar-refractivity contribution in [3.05, 3.63) is 90.8 Å². The lowest BCUT2D eigenvalue weighted by molar-refractivity contribution is -0.122. The number of carbonyl (C=O) groups is 1. The van der Waals surface area contributed by atoms with Crippen molar-refractivity contribution in [2.75, 3.05) is 5.32 Å². The lowest BCUT2D eigenvalue weighted by Gasteiger charge is -2.15. The largest absolute Gasteiger partial charge is 0.489 e. The summed E-state index contributed by atoms with van der Waals surface area (Å²) in [4.78, 5) is 12.5. The molecule has 0 aliphatic rings. The molecule has 1 amide bonds. The predicted octanol–water partition coefficient (Wildman–Crippen LogP) is 4.72. The van der Waals surface area contributed by atoms with Crippen molar-refractivity contribution in [2.24, 2.45) is 0 Å². The third-order valence-electron chi connectivity index (χ3n) is 4.51. The average Bonchev–Trinajstić information content (AvgIpc) is 3.35. The van der Waals surface area contributed by atoms with Crippen LogP contribution in [0.25, 0.3) is 11.5 Å². The lowest BCUT2D eigenvalue weighted by atomic mass is 10.2. The Hall–Kier alpha value is -4.13. The molecule has 0 spiro atoms. The molecule has 0 radical (unpaired) electrons. The second-order valence-corrected chi connectivity index (χ2v) is 6.82. The lowest BCUT2D eigenvalue weighted by Crippen LogP contribution is -2.30. The van der Waals surface area contributed by atoms with E-state index in [1.54, 1.807) is 43.3 Å². The molecule has 0 saturated heterocycles. The zero-order valence-electron chi connectivity index (χ0n) is 16.9. The minimum Gasteiger partial charge on any atom is -0.489 e. The molecule has 3 aromatic carbocycles. The smallest absolute Gasteiger partial charge is 0.265 e. The fourth-order valence-electron chi connectivity index (χ4n) is 2.85. The molecule has 31 heavy (non-hydrogen) atoms. The Kier molecular flexibility index (Phi) is 6.23. The SMILES string of the molecule is C[C@H](Oc1ccc(-c2nnco2)cc1)C(=O)Nc1ccc(OCc2ccccc2)cc1. The van der Waals surface area contributed by atoms with Crippen LogP contribution in [0.5, 0.6) is 11.5 Å². The molecular formula is C24H21N3O4. The first-order valence-electron chi connectivity index (χ1n) is 9.78. The van der Waals surface area contributed by atoms with Gasteiger partial charge in [0.25, 0.3) is 5.91 Å². The van der Waals surface area contributed by atoms with Crippen LogP contribution in [0.15, 0.2) is 89.7 Å². The van der Waals surface area contributed by atoms with Gasteiger partial charge in [0.05, 0.1) is 0 Å².